The molecule has 0 saturated heterocycles. The molecule has 152 valence electrons. The fourth-order valence-electron chi connectivity index (χ4n) is 2.54. The molecule has 1 aromatic heterocycles. The molecular weight excluding hydrogens is 388 g/mol. The van der Waals surface area contributed by atoms with Crippen LogP contribution < -0.4 is 20.5 Å². The van der Waals surface area contributed by atoms with Gasteiger partial charge in [0, 0.05) is 5.69 Å². The van der Waals surface area contributed by atoms with E-state index in [4.69, 9.17) is 9.15 Å². The summed E-state index contributed by atoms with van der Waals surface area (Å²) in [6, 6.07) is 15.4. The molecule has 0 aliphatic carbocycles. The molecule has 0 aliphatic rings. The van der Waals surface area contributed by atoms with E-state index in [-0.39, 0.29) is 22.7 Å². The number of carbonyl (C=O) groups excluding carboxylic acids is 3. The molecule has 8 heteroatoms. The molecule has 30 heavy (non-hydrogen) atoms. The van der Waals surface area contributed by atoms with Crippen molar-refractivity contribution < 1.29 is 28.6 Å². The molecule has 0 aliphatic heterocycles. The van der Waals surface area contributed by atoms with Crippen LogP contribution >= 0.6 is 0 Å². The maximum atomic E-state index is 12.8. The van der Waals surface area contributed by atoms with Gasteiger partial charge in [0.2, 0.25) is 0 Å². The van der Waals surface area contributed by atoms with Gasteiger partial charge in [0.05, 0.1) is 19.3 Å². The predicted octanol–water partition coefficient (Wildman–Crippen LogP) is 2.06. The first kappa shape index (κ1) is 20.4. The number of aromatic carboxylic acids is 1. The standard InChI is InChI=1S/C22H18N2O6/c1-29-17-9-7-14(8-10-17)12-18(24-21(26)19-6-3-11-30-19)20(25)23-16-5-2-4-15(13-16)22(27)28/h2-13H,1H3,(H,23,25)(H,24,26)(H,27,28)/p-1. The van der Waals surface area contributed by atoms with E-state index in [0.717, 1.165) is 0 Å². The average molecular weight is 405 g/mol. The quantitative estimate of drug-likeness (QED) is 0.581. The Bertz CT molecular complexity index is 1090. The largest absolute Gasteiger partial charge is 0.545 e. The highest BCUT2D eigenvalue weighted by Crippen LogP contribution is 2.16. The number of methoxy groups -OCH3 is 1. The lowest BCUT2D eigenvalue weighted by Gasteiger charge is -2.12. The topological polar surface area (TPSA) is 121 Å². The van der Waals surface area contributed by atoms with E-state index < -0.39 is 17.8 Å². The number of carboxylic acid groups (broad SMARTS) is 1. The summed E-state index contributed by atoms with van der Waals surface area (Å²) in [5.74, 6) is -1.97. The molecule has 0 atom stereocenters. The highest BCUT2D eigenvalue weighted by molar-refractivity contribution is 6.10. The molecule has 0 spiro atoms. The summed E-state index contributed by atoms with van der Waals surface area (Å²) in [6.07, 6.45) is 2.81. The SMILES string of the molecule is COc1ccc(C=C(NC(=O)c2ccco2)C(=O)Nc2cccc(C(=O)[O-])c2)cc1. The number of amides is 2. The van der Waals surface area contributed by atoms with Gasteiger partial charge in [-0.2, -0.15) is 0 Å². The molecule has 1 heterocycles. The van der Waals surface area contributed by atoms with Crippen LogP contribution in [0.4, 0.5) is 5.69 Å². The normalized spacial score (nSPS) is 10.9. The number of furan rings is 1. The number of benzene rings is 2. The monoisotopic (exact) mass is 405 g/mol. The summed E-state index contributed by atoms with van der Waals surface area (Å²) < 4.78 is 10.2. The van der Waals surface area contributed by atoms with Crippen molar-refractivity contribution in [1.29, 1.82) is 0 Å². The Hall–Kier alpha value is -4.33. The van der Waals surface area contributed by atoms with E-state index in [2.05, 4.69) is 10.6 Å². The van der Waals surface area contributed by atoms with Gasteiger partial charge < -0.3 is 29.7 Å². The lowest BCUT2D eigenvalue weighted by atomic mass is 10.1. The van der Waals surface area contributed by atoms with Gasteiger partial charge in [-0.05, 0) is 53.6 Å². The first-order chi connectivity index (χ1) is 14.5. The first-order valence-electron chi connectivity index (χ1n) is 8.79. The van der Waals surface area contributed by atoms with E-state index in [0.29, 0.717) is 11.3 Å². The second-order valence-electron chi connectivity index (χ2n) is 6.08. The molecule has 0 bridgehead atoms. The lowest BCUT2D eigenvalue weighted by Crippen LogP contribution is -2.30. The van der Waals surface area contributed by atoms with Gasteiger partial charge in [-0.3, -0.25) is 9.59 Å². The molecule has 0 unspecified atom stereocenters. The van der Waals surface area contributed by atoms with Gasteiger partial charge in [-0.1, -0.05) is 24.3 Å². The molecule has 0 radical (unpaired) electrons. The Morgan fingerprint density at radius 3 is 2.43 bits per heavy atom. The molecule has 3 rings (SSSR count). The van der Waals surface area contributed by atoms with Gasteiger partial charge >= 0.3 is 0 Å². The molecule has 0 saturated carbocycles. The fraction of sp³-hybridized carbons (Fsp3) is 0.0455. The van der Waals surface area contributed by atoms with Crippen molar-refractivity contribution in [1.82, 2.24) is 5.32 Å². The predicted molar refractivity (Wildman–Crippen MR) is 107 cm³/mol. The Morgan fingerprint density at radius 1 is 1.03 bits per heavy atom. The van der Waals surface area contributed by atoms with Crippen molar-refractivity contribution in [2.75, 3.05) is 12.4 Å². The summed E-state index contributed by atoms with van der Waals surface area (Å²) in [4.78, 5) is 36.2. The molecule has 2 amide bonds. The van der Waals surface area contributed by atoms with E-state index in [9.17, 15) is 19.5 Å². The van der Waals surface area contributed by atoms with Crippen LogP contribution in [0.3, 0.4) is 0 Å². The second-order valence-corrected chi connectivity index (χ2v) is 6.08. The summed E-state index contributed by atoms with van der Waals surface area (Å²) >= 11 is 0. The number of nitrogens with one attached hydrogen (secondary N) is 2. The minimum absolute atomic E-state index is 0.0300. The van der Waals surface area contributed by atoms with Gasteiger partial charge in [-0.25, -0.2) is 0 Å². The molecular formula is C22H17N2O6-. The summed E-state index contributed by atoms with van der Waals surface area (Å²) in [6.45, 7) is 0. The average Bonchev–Trinajstić information content (AvgIpc) is 3.29. The Morgan fingerprint density at radius 2 is 1.80 bits per heavy atom. The molecule has 2 N–H and O–H groups in total. The zero-order valence-electron chi connectivity index (χ0n) is 15.9. The van der Waals surface area contributed by atoms with Crippen molar-refractivity contribution in [3.05, 3.63) is 89.5 Å². The summed E-state index contributed by atoms with van der Waals surface area (Å²) in [7, 11) is 1.54. The zero-order valence-corrected chi connectivity index (χ0v) is 15.9. The van der Waals surface area contributed by atoms with Crippen molar-refractivity contribution in [2.24, 2.45) is 0 Å². The summed E-state index contributed by atoms with van der Waals surface area (Å²) in [5.41, 5.74) is 0.701. The van der Waals surface area contributed by atoms with Crippen molar-refractivity contribution >= 4 is 29.5 Å². The van der Waals surface area contributed by atoms with Crippen LogP contribution in [0.15, 0.2) is 77.0 Å². The van der Waals surface area contributed by atoms with Crippen LogP contribution in [-0.4, -0.2) is 24.9 Å². The van der Waals surface area contributed by atoms with Crippen LogP contribution in [0.1, 0.15) is 26.5 Å². The van der Waals surface area contributed by atoms with Gasteiger partial charge in [0.25, 0.3) is 11.8 Å². The van der Waals surface area contributed by atoms with Crippen molar-refractivity contribution in [3.8, 4) is 5.75 Å². The van der Waals surface area contributed by atoms with Crippen LogP contribution in [0.2, 0.25) is 0 Å². The highest BCUT2D eigenvalue weighted by Gasteiger charge is 2.17. The van der Waals surface area contributed by atoms with Crippen LogP contribution in [0, 0.1) is 0 Å². The Balaban J connectivity index is 1.88. The van der Waals surface area contributed by atoms with Gasteiger partial charge in [0.1, 0.15) is 11.4 Å². The smallest absolute Gasteiger partial charge is 0.291 e. The maximum Gasteiger partial charge on any atom is 0.291 e. The molecule has 2 aromatic carbocycles. The minimum atomic E-state index is -1.37. The molecule has 8 nitrogen and oxygen atoms in total. The number of hydrogen-bond donors (Lipinski definition) is 2. The number of carboxylic acids is 1. The van der Waals surface area contributed by atoms with E-state index >= 15 is 0 Å². The van der Waals surface area contributed by atoms with Crippen molar-refractivity contribution in [3.63, 3.8) is 0 Å². The van der Waals surface area contributed by atoms with Crippen LogP contribution in [0.5, 0.6) is 5.75 Å². The third kappa shape index (κ3) is 5.14. The lowest BCUT2D eigenvalue weighted by molar-refractivity contribution is -0.255. The number of carbonyl (C=O) groups is 3. The number of rotatable bonds is 7. The Labute approximate surface area is 171 Å². The van der Waals surface area contributed by atoms with E-state index in [1.165, 1.54) is 49.8 Å². The maximum absolute atomic E-state index is 12.8. The number of anilines is 1. The second kappa shape index (κ2) is 9.24. The van der Waals surface area contributed by atoms with Gasteiger partial charge in [0.15, 0.2) is 5.76 Å². The Kier molecular flexibility index (Phi) is 6.29. The van der Waals surface area contributed by atoms with Crippen LogP contribution in [-0.2, 0) is 4.79 Å². The number of ether oxygens (including phenoxy) is 1. The third-order valence-corrected chi connectivity index (χ3v) is 4.02. The van der Waals surface area contributed by atoms with Crippen molar-refractivity contribution in [2.45, 2.75) is 0 Å². The number of hydrogen-bond acceptors (Lipinski definition) is 6. The molecule has 3 aromatic rings. The van der Waals surface area contributed by atoms with Gasteiger partial charge in [-0.15, -0.1) is 0 Å². The van der Waals surface area contributed by atoms with E-state index in [1.807, 2.05) is 0 Å². The van der Waals surface area contributed by atoms with E-state index in [1.54, 1.807) is 30.3 Å². The first-order valence-corrected chi connectivity index (χ1v) is 8.79. The summed E-state index contributed by atoms with van der Waals surface area (Å²) in [5, 5.41) is 16.1. The zero-order chi connectivity index (χ0) is 21.5. The van der Waals surface area contributed by atoms with Crippen LogP contribution in [0.25, 0.3) is 6.08 Å². The highest BCUT2D eigenvalue weighted by atomic mass is 16.5. The fourth-order valence-corrected chi connectivity index (χ4v) is 2.54. The molecule has 0 fully saturated rings. The third-order valence-electron chi connectivity index (χ3n) is 4.02. The minimum Gasteiger partial charge on any atom is -0.545 e.